The topological polar surface area (TPSA) is 132 Å². The lowest BCUT2D eigenvalue weighted by Crippen LogP contribution is -2.57. The maximum atomic E-state index is 13.1. The van der Waals surface area contributed by atoms with Crippen molar-refractivity contribution in [2.45, 2.75) is 51.5 Å². The standard InChI is InChI=1S/C24H32N4O5/c1-24(2,3)33-23(31)27-19(14-17-10-6-4-7-11-17)21(29)26-20(22(30)28-25)16-32-15-18-12-8-5-9-13-18/h4-13,19-20H,14-16,25H2,1-3H3,(H,26,29)(H,27,31)(H,28,30)/t19-,20-/m0/s1. The minimum Gasteiger partial charge on any atom is -0.444 e. The van der Waals surface area contributed by atoms with Gasteiger partial charge in [0.05, 0.1) is 13.2 Å². The van der Waals surface area contributed by atoms with Crippen molar-refractivity contribution in [2.75, 3.05) is 6.61 Å². The smallest absolute Gasteiger partial charge is 0.408 e. The molecule has 2 aromatic carbocycles. The van der Waals surface area contributed by atoms with Crippen molar-refractivity contribution < 1.29 is 23.9 Å². The number of rotatable bonds is 10. The highest BCUT2D eigenvalue weighted by atomic mass is 16.6. The molecule has 33 heavy (non-hydrogen) atoms. The molecule has 2 atom stereocenters. The molecule has 0 unspecified atom stereocenters. The number of carbonyl (C=O) groups excluding carboxylic acids is 3. The van der Waals surface area contributed by atoms with E-state index in [9.17, 15) is 14.4 Å². The van der Waals surface area contributed by atoms with Crippen molar-refractivity contribution in [3.05, 3.63) is 71.8 Å². The van der Waals surface area contributed by atoms with Gasteiger partial charge in [0.2, 0.25) is 5.91 Å². The molecule has 178 valence electrons. The maximum Gasteiger partial charge on any atom is 0.408 e. The summed E-state index contributed by atoms with van der Waals surface area (Å²) >= 11 is 0. The number of hydrogen-bond acceptors (Lipinski definition) is 6. The van der Waals surface area contributed by atoms with Crippen LogP contribution in [0.3, 0.4) is 0 Å². The van der Waals surface area contributed by atoms with Crippen LogP contribution in [0.15, 0.2) is 60.7 Å². The van der Waals surface area contributed by atoms with E-state index in [0.717, 1.165) is 11.1 Å². The van der Waals surface area contributed by atoms with Crippen LogP contribution in [0.1, 0.15) is 31.9 Å². The van der Waals surface area contributed by atoms with Crippen LogP contribution < -0.4 is 21.9 Å². The van der Waals surface area contributed by atoms with Gasteiger partial charge in [-0.2, -0.15) is 0 Å². The SMILES string of the molecule is CC(C)(C)OC(=O)N[C@@H](Cc1ccccc1)C(=O)N[C@@H](COCc1ccccc1)C(=O)NN. The molecule has 9 heteroatoms. The van der Waals surface area contributed by atoms with Gasteiger partial charge in [0.25, 0.3) is 5.91 Å². The summed E-state index contributed by atoms with van der Waals surface area (Å²) in [6.45, 7) is 5.34. The summed E-state index contributed by atoms with van der Waals surface area (Å²) < 4.78 is 10.9. The molecule has 2 aromatic rings. The number of nitrogens with one attached hydrogen (secondary N) is 3. The van der Waals surface area contributed by atoms with Crippen LogP contribution in [0.2, 0.25) is 0 Å². The molecule has 0 aromatic heterocycles. The third kappa shape index (κ3) is 9.71. The molecule has 0 bridgehead atoms. The number of nitrogens with two attached hydrogens (primary N) is 1. The van der Waals surface area contributed by atoms with E-state index < -0.39 is 35.6 Å². The van der Waals surface area contributed by atoms with Gasteiger partial charge in [0, 0.05) is 6.42 Å². The fourth-order valence-corrected chi connectivity index (χ4v) is 2.93. The summed E-state index contributed by atoms with van der Waals surface area (Å²) in [6.07, 6.45) is -0.535. The Morgan fingerprint density at radius 1 is 0.848 bits per heavy atom. The molecule has 0 heterocycles. The van der Waals surface area contributed by atoms with E-state index in [1.807, 2.05) is 66.1 Å². The van der Waals surface area contributed by atoms with Crippen molar-refractivity contribution in [2.24, 2.45) is 5.84 Å². The second-order valence-electron chi connectivity index (χ2n) is 8.46. The van der Waals surface area contributed by atoms with E-state index in [1.54, 1.807) is 20.8 Å². The van der Waals surface area contributed by atoms with Crippen LogP contribution >= 0.6 is 0 Å². The van der Waals surface area contributed by atoms with Gasteiger partial charge in [-0.05, 0) is 31.9 Å². The van der Waals surface area contributed by atoms with Gasteiger partial charge in [-0.15, -0.1) is 0 Å². The molecule has 0 spiro atoms. The van der Waals surface area contributed by atoms with E-state index in [2.05, 4.69) is 10.6 Å². The summed E-state index contributed by atoms with van der Waals surface area (Å²) in [5.41, 5.74) is 3.05. The van der Waals surface area contributed by atoms with Crippen LogP contribution in [0.4, 0.5) is 4.79 Å². The molecule has 3 amide bonds. The highest BCUT2D eigenvalue weighted by molar-refractivity contribution is 5.91. The third-order valence-corrected chi connectivity index (χ3v) is 4.46. The summed E-state index contributed by atoms with van der Waals surface area (Å²) in [5.74, 6) is 4.10. The zero-order chi connectivity index (χ0) is 24.3. The lowest BCUT2D eigenvalue weighted by molar-refractivity contribution is -0.131. The Morgan fingerprint density at radius 2 is 1.42 bits per heavy atom. The van der Waals surface area contributed by atoms with E-state index in [4.69, 9.17) is 15.3 Å². The molecular formula is C24H32N4O5. The zero-order valence-electron chi connectivity index (χ0n) is 19.2. The number of benzene rings is 2. The average Bonchev–Trinajstić information content (AvgIpc) is 2.77. The molecule has 5 N–H and O–H groups in total. The van der Waals surface area contributed by atoms with Crippen molar-refractivity contribution in [3.63, 3.8) is 0 Å². The minimum absolute atomic E-state index is 0.103. The molecule has 0 aliphatic heterocycles. The van der Waals surface area contributed by atoms with Crippen molar-refractivity contribution in [1.29, 1.82) is 0 Å². The highest BCUT2D eigenvalue weighted by Crippen LogP contribution is 2.09. The lowest BCUT2D eigenvalue weighted by atomic mass is 10.0. The number of hydrogen-bond donors (Lipinski definition) is 4. The fraction of sp³-hybridized carbons (Fsp3) is 0.375. The number of alkyl carbamates (subject to hydrolysis) is 1. The second-order valence-corrected chi connectivity index (χ2v) is 8.46. The minimum atomic E-state index is -1.05. The van der Waals surface area contributed by atoms with Crippen molar-refractivity contribution >= 4 is 17.9 Å². The predicted octanol–water partition coefficient (Wildman–Crippen LogP) is 1.81. The number of carbonyl (C=O) groups is 3. The Labute approximate surface area is 194 Å². The Balaban J connectivity index is 2.07. The number of hydrazine groups is 1. The number of ether oxygens (including phenoxy) is 2. The molecule has 2 rings (SSSR count). The zero-order valence-corrected chi connectivity index (χ0v) is 19.2. The molecule has 0 fully saturated rings. The van der Waals surface area contributed by atoms with Crippen LogP contribution in [0, 0.1) is 0 Å². The Bertz CT molecular complexity index is 900. The van der Waals surface area contributed by atoms with Gasteiger partial charge in [0.1, 0.15) is 17.7 Å². The monoisotopic (exact) mass is 456 g/mol. The van der Waals surface area contributed by atoms with Crippen LogP contribution in [-0.2, 0) is 32.1 Å². The van der Waals surface area contributed by atoms with Gasteiger partial charge in [0.15, 0.2) is 0 Å². The van der Waals surface area contributed by atoms with E-state index >= 15 is 0 Å². The van der Waals surface area contributed by atoms with Crippen LogP contribution in [0.5, 0.6) is 0 Å². The molecular weight excluding hydrogens is 424 g/mol. The fourth-order valence-electron chi connectivity index (χ4n) is 2.93. The molecule has 0 saturated heterocycles. The van der Waals surface area contributed by atoms with Crippen LogP contribution in [-0.4, -0.2) is 42.2 Å². The Hall–Kier alpha value is -3.43. The third-order valence-electron chi connectivity index (χ3n) is 4.46. The first kappa shape index (κ1) is 25.8. The van der Waals surface area contributed by atoms with Gasteiger partial charge < -0.3 is 20.1 Å². The van der Waals surface area contributed by atoms with Gasteiger partial charge in [-0.1, -0.05) is 60.7 Å². The largest absolute Gasteiger partial charge is 0.444 e. The molecule has 0 saturated carbocycles. The first-order valence-electron chi connectivity index (χ1n) is 10.6. The van der Waals surface area contributed by atoms with E-state index in [1.165, 1.54) is 0 Å². The Morgan fingerprint density at radius 3 is 1.97 bits per heavy atom. The quantitative estimate of drug-likeness (QED) is 0.245. The molecule has 9 nitrogen and oxygen atoms in total. The second kappa shape index (κ2) is 12.6. The van der Waals surface area contributed by atoms with Crippen molar-refractivity contribution in [3.8, 4) is 0 Å². The Kier molecular flexibility index (Phi) is 9.84. The van der Waals surface area contributed by atoms with Gasteiger partial charge in [-0.25, -0.2) is 10.6 Å². The summed E-state index contributed by atoms with van der Waals surface area (Å²) in [4.78, 5) is 37.6. The normalized spacial score (nSPS) is 12.8. The van der Waals surface area contributed by atoms with Gasteiger partial charge in [-0.3, -0.25) is 15.0 Å². The maximum absolute atomic E-state index is 13.1. The van der Waals surface area contributed by atoms with E-state index in [-0.39, 0.29) is 19.6 Å². The van der Waals surface area contributed by atoms with Crippen molar-refractivity contribution in [1.82, 2.24) is 16.1 Å². The first-order chi connectivity index (χ1) is 15.7. The number of amides is 3. The molecule has 0 radical (unpaired) electrons. The molecule has 0 aliphatic carbocycles. The van der Waals surface area contributed by atoms with E-state index in [0.29, 0.717) is 0 Å². The first-order valence-corrected chi connectivity index (χ1v) is 10.6. The summed E-state index contributed by atoms with van der Waals surface area (Å²) in [7, 11) is 0. The predicted molar refractivity (Wildman–Crippen MR) is 124 cm³/mol. The average molecular weight is 457 g/mol. The molecule has 0 aliphatic rings. The highest BCUT2D eigenvalue weighted by Gasteiger charge is 2.28. The van der Waals surface area contributed by atoms with Crippen LogP contribution in [0.25, 0.3) is 0 Å². The summed E-state index contributed by atoms with van der Waals surface area (Å²) in [5, 5.41) is 5.21. The lowest BCUT2D eigenvalue weighted by Gasteiger charge is -2.25. The van der Waals surface area contributed by atoms with Gasteiger partial charge >= 0.3 is 6.09 Å². The summed E-state index contributed by atoms with van der Waals surface area (Å²) in [6, 6.07) is 16.6.